The molecule has 0 bridgehead atoms. The lowest BCUT2D eigenvalue weighted by Gasteiger charge is -2.09. The van der Waals surface area contributed by atoms with E-state index in [0.29, 0.717) is 0 Å². The van der Waals surface area contributed by atoms with E-state index in [2.05, 4.69) is 23.3 Å². The zero-order chi connectivity index (χ0) is 11.1. The van der Waals surface area contributed by atoms with Crippen LogP contribution in [0.3, 0.4) is 0 Å². The molecule has 0 spiro atoms. The third kappa shape index (κ3) is 3.63. The molecular formula is C13H22N2. The summed E-state index contributed by atoms with van der Waals surface area (Å²) in [5, 5.41) is 3.40. The summed E-state index contributed by atoms with van der Waals surface area (Å²) in [4.78, 5) is 4.10. The molecule has 1 aromatic heterocycles. The fourth-order valence-corrected chi connectivity index (χ4v) is 1.93. The first-order chi connectivity index (χ1) is 7.36. The summed E-state index contributed by atoms with van der Waals surface area (Å²) in [6.07, 6.45) is 6.38. The van der Waals surface area contributed by atoms with Crippen molar-refractivity contribution in [3.8, 4) is 0 Å². The van der Waals surface area contributed by atoms with Crippen LogP contribution in [0.15, 0.2) is 18.5 Å². The number of aryl methyl sites for hydroxylation is 1. The SMILES string of the molecule is CC.Cc1cnccc1CC1CCNC1. The van der Waals surface area contributed by atoms with E-state index in [-0.39, 0.29) is 0 Å². The van der Waals surface area contributed by atoms with Gasteiger partial charge in [-0.25, -0.2) is 0 Å². The first-order valence-electron chi connectivity index (χ1n) is 5.96. The van der Waals surface area contributed by atoms with Gasteiger partial charge in [0.2, 0.25) is 0 Å². The molecule has 0 saturated carbocycles. The predicted octanol–water partition coefficient (Wildman–Crippen LogP) is 2.57. The molecule has 1 atom stereocenters. The summed E-state index contributed by atoms with van der Waals surface area (Å²) in [7, 11) is 0. The molecule has 2 heteroatoms. The van der Waals surface area contributed by atoms with Gasteiger partial charge in [-0.3, -0.25) is 4.98 Å². The van der Waals surface area contributed by atoms with Gasteiger partial charge in [0.15, 0.2) is 0 Å². The van der Waals surface area contributed by atoms with Crippen LogP contribution in [0.5, 0.6) is 0 Å². The highest BCUT2D eigenvalue weighted by Gasteiger charge is 2.15. The molecule has 0 amide bonds. The van der Waals surface area contributed by atoms with Crippen molar-refractivity contribution in [1.82, 2.24) is 10.3 Å². The lowest BCUT2D eigenvalue weighted by Crippen LogP contribution is -2.11. The van der Waals surface area contributed by atoms with Crippen molar-refractivity contribution in [2.45, 2.75) is 33.6 Å². The van der Waals surface area contributed by atoms with Crippen LogP contribution >= 0.6 is 0 Å². The average molecular weight is 206 g/mol. The zero-order valence-corrected chi connectivity index (χ0v) is 10.1. The minimum absolute atomic E-state index is 0.834. The lowest BCUT2D eigenvalue weighted by molar-refractivity contribution is 0.578. The minimum atomic E-state index is 0.834. The van der Waals surface area contributed by atoms with Crippen LogP contribution in [0.25, 0.3) is 0 Å². The summed E-state index contributed by atoms with van der Waals surface area (Å²) in [6, 6.07) is 2.15. The molecule has 1 N–H and O–H groups in total. The molecule has 1 aromatic rings. The van der Waals surface area contributed by atoms with Crippen molar-refractivity contribution in [2.75, 3.05) is 13.1 Å². The van der Waals surface area contributed by atoms with Gasteiger partial charge < -0.3 is 5.32 Å². The van der Waals surface area contributed by atoms with Gasteiger partial charge in [0.05, 0.1) is 0 Å². The number of nitrogens with one attached hydrogen (secondary N) is 1. The molecule has 2 rings (SSSR count). The van der Waals surface area contributed by atoms with E-state index in [4.69, 9.17) is 0 Å². The van der Waals surface area contributed by atoms with Crippen LogP contribution in [0, 0.1) is 12.8 Å². The maximum absolute atomic E-state index is 4.10. The van der Waals surface area contributed by atoms with Crippen LogP contribution in [-0.4, -0.2) is 18.1 Å². The molecule has 84 valence electrons. The largest absolute Gasteiger partial charge is 0.316 e. The molecule has 0 aliphatic carbocycles. The van der Waals surface area contributed by atoms with E-state index < -0.39 is 0 Å². The maximum atomic E-state index is 4.10. The number of rotatable bonds is 2. The number of aromatic nitrogens is 1. The van der Waals surface area contributed by atoms with Crippen molar-refractivity contribution < 1.29 is 0 Å². The predicted molar refractivity (Wildman–Crippen MR) is 65.0 cm³/mol. The molecule has 15 heavy (non-hydrogen) atoms. The Morgan fingerprint density at radius 2 is 2.27 bits per heavy atom. The fourth-order valence-electron chi connectivity index (χ4n) is 1.93. The van der Waals surface area contributed by atoms with E-state index in [9.17, 15) is 0 Å². The first kappa shape index (κ1) is 12.2. The minimum Gasteiger partial charge on any atom is -0.316 e. The van der Waals surface area contributed by atoms with Crippen molar-refractivity contribution >= 4 is 0 Å². The van der Waals surface area contributed by atoms with Crippen molar-refractivity contribution in [3.05, 3.63) is 29.6 Å². The standard InChI is InChI=1S/C11H16N2.C2H6/c1-9-7-12-5-3-11(9)6-10-2-4-13-8-10;1-2/h3,5,7,10,13H,2,4,6,8H2,1H3;1-2H3. The lowest BCUT2D eigenvalue weighted by atomic mass is 9.97. The Balaban J connectivity index is 0.000000531. The molecule has 1 aliphatic heterocycles. The second-order valence-corrected chi connectivity index (χ2v) is 3.87. The topological polar surface area (TPSA) is 24.9 Å². The Hall–Kier alpha value is -0.890. The van der Waals surface area contributed by atoms with Crippen LogP contribution in [-0.2, 0) is 6.42 Å². The van der Waals surface area contributed by atoms with E-state index in [1.807, 2.05) is 26.2 Å². The fraction of sp³-hybridized carbons (Fsp3) is 0.615. The molecule has 0 aromatic carbocycles. The molecule has 2 nitrogen and oxygen atoms in total. The highest BCUT2D eigenvalue weighted by Crippen LogP contribution is 2.16. The van der Waals surface area contributed by atoms with Gasteiger partial charge in [-0.2, -0.15) is 0 Å². The average Bonchev–Trinajstić information content (AvgIpc) is 2.77. The Kier molecular flexibility index (Phi) is 5.33. The second-order valence-electron chi connectivity index (χ2n) is 3.87. The summed E-state index contributed by atoms with van der Waals surface area (Å²) >= 11 is 0. The van der Waals surface area contributed by atoms with Gasteiger partial charge in [-0.1, -0.05) is 13.8 Å². The summed E-state index contributed by atoms with van der Waals surface area (Å²) in [6.45, 7) is 8.52. The monoisotopic (exact) mass is 206 g/mol. The van der Waals surface area contributed by atoms with Crippen LogP contribution in [0.1, 0.15) is 31.4 Å². The normalized spacial score (nSPS) is 19.5. The van der Waals surface area contributed by atoms with E-state index in [1.165, 1.54) is 37.1 Å². The number of hydrogen-bond acceptors (Lipinski definition) is 2. The number of pyridine rings is 1. The smallest absolute Gasteiger partial charge is 0.0299 e. The van der Waals surface area contributed by atoms with E-state index >= 15 is 0 Å². The van der Waals surface area contributed by atoms with Gasteiger partial charge in [0, 0.05) is 12.4 Å². The molecule has 1 saturated heterocycles. The number of nitrogens with zero attached hydrogens (tertiary/aromatic N) is 1. The molecule has 0 radical (unpaired) electrons. The number of hydrogen-bond donors (Lipinski definition) is 1. The van der Waals surface area contributed by atoms with Crippen LogP contribution < -0.4 is 5.32 Å². The Morgan fingerprint density at radius 1 is 1.47 bits per heavy atom. The van der Waals surface area contributed by atoms with Gasteiger partial charge in [-0.15, -0.1) is 0 Å². The zero-order valence-electron chi connectivity index (χ0n) is 10.1. The summed E-state index contributed by atoms with van der Waals surface area (Å²) in [5.41, 5.74) is 2.79. The Bertz CT molecular complexity index is 278. The Morgan fingerprint density at radius 3 is 2.87 bits per heavy atom. The third-order valence-electron chi connectivity index (χ3n) is 2.81. The van der Waals surface area contributed by atoms with E-state index in [0.717, 1.165) is 5.92 Å². The van der Waals surface area contributed by atoms with Gasteiger partial charge in [0.25, 0.3) is 0 Å². The van der Waals surface area contributed by atoms with Crippen LogP contribution in [0.2, 0.25) is 0 Å². The summed E-state index contributed by atoms with van der Waals surface area (Å²) < 4.78 is 0. The van der Waals surface area contributed by atoms with Gasteiger partial charge in [0.1, 0.15) is 0 Å². The first-order valence-corrected chi connectivity index (χ1v) is 5.96. The highest BCUT2D eigenvalue weighted by molar-refractivity contribution is 5.22. The third-order valence-corrected chi connectivity index (χ3v) is 2.81. The van der Waals surface area contributed by atoms with Crippen molar-refractivity contribution in [3.63, 3.8) is 0 Å². The van der Waals surface area contributed by atoms with Crippen molar-refractivity contribution in [2.24, 2.45) is 5.92 Å². The maximum Gasteiger partial charge on any atom is 0.0299 e. The van der Waals surface area contributed by atoms with Crippen LogP contribution in [0.4, 0.5) is 0 Å². The quantitative estimate of drug-likeness (QED) is 0.804. The molecule has 1 unspecified atom stereocenters. The highest BCUT2D eigenvalue weighted by atomic mass is 14.9. The molecule has 1 fully saturated rings. The van der Waals surface area contributed by atoms with Gasteiger partial charge >= 0.3 is 0 Å². The Labute approximate surface area is 93.1 Å². The van der Waals surface area contributed by atoms with Crippen molar-refractivity contribution in [1.29, 1.82) is 0 Å². The molecule has 1 aliphatic rings. The molecule has 2 heterocycles. The second kappa shape index (κ2) is 6.57. The van der Waals surface area contributed by atoms with E-state index in [1.54, 1.807) is 0 Å². The summed E-state index contributed by atoms with van der Waals surface area (Å²) in [5.74, 6) is 0.834. The van der Waals surface area contributed by atoms with Gasteiger partial charge in [-0.05, 0) is 56.0 Å². The molecular weight excluding hydrogens is 184 g/mol.